The number of ether oxygens (including phenoxy) is 4. The summed E-state index contributed by atoms with van der Waals surface area (Å²) in [7, 11) is 3.29. The second kappa shape index (κ2) is 8.89. The summed E-state index contributed by atoms with van der Waals surface area (Å²) in [6.45, 7) is 7.10. The highest BCUT2D eigenvalue weighted by Crippen LogP contribution is 2.56. The van der Waals surface area contributed by atoms with Gasteiger partial charge in [0.15, 0.2) is 18.3 Å². The highest BCUT2D eigenvalue weighted by atomic mass is 16.7. The summed E-state index contributed by atoms with van der Waals surface area (Å²) in [5, 5.41) is 11.4. The van der Waals surface area contributed by atoms with E-state index in [0.717, 1.165) is 34.4 Å². The van der Waals surface area contributed by atoms with Crippen LogP contribution < -0.4 is 9.47 Å². The van der Waals surface area contributed by atoms with Crippen LogP contribution in [0, 0.1) is 11.3 Å². The molecule has 0 unspecified atom stereocenters. The van der Waals surface area contributed by atoms with E-state index in [1.54, 1.807) is 14.2 Å². The van der Waals surface area contributed by atoms with Crippen LogP contribution in [0.3, 0.4) is 0 Å². The highest BCUT2D eigenvalue weighted by Gasteiger charge is 2.56. The van der Waals surface area contributed by atoms with Crippen LogP contribution in [0.1, 0.15) is 43.9 Å². The Balaban J connectivity index is 1.76. The first-order valence-electron chi connectivity index (χ1n) is 11.2. The van der Waals surface area contributed by atoms with Crippen molar-refractivity contribution in [2.24, 2.45) is 11.3 Å². The Hall–Kier alpha value is -2.34. The Morgan fingerprint density at radius 3 is 2.53 bits per heavy atom. The van der Waals surface area contributed by atoms with Gasteiger partial charge >= 0.3 is 0 Å². The molecule has 1 heterocycles. The van der Waals surface area contributed by atoms with Crippen molar-refractivity contribution in [2.75, 3.05) is 21.0 Å². The Morgan fingerprint density at radius 2 is 1.84 bits per heavy atom. The molecule has 172 valence electrons. The standard InChI is InChI=1S/C27H34O5/c1-26(2)23-14-20-12-19(16-29-4)13-22(31-17-30-5)24(20)32-27(23,3)15-21(25(26)28)11-18-9-7-6-8-10-18/h6-13,23,25,28H,14-17H2,1-5H3/b21-11+/t23-,25-,27-/m1/s1. The molecule has 0 amide bonds. The topological polar surface area (TPSA) is 57.2 Å². The van der Waals surface area contributed by atoms with Crippen molar-refractivity contribution >= 4 is 6.08 Å². The first-order valence-corrected chi connectivity index (χ1v) is 11.2. The van der Waals surface area contributed by atoms with E-state index in [2.05, 4.69) is 45.0 Å². The number of benzene rings is 2. The first-order chi connectivity index (χ1) is 15.3. The Bertz CT molecular complexity index is 981. The van der Waals surface area contributed by atoms with Crippen molar-refractivity contribution in [1.82, 2.24) is 0 Å². The van der Waals surface area contributed by atoms with Gasteiger partial charge < -0.3 is 24.1 Å². The van der Waals surface area contributed by atoms with Crippen molar-refractivity contribution in [3.8, 4) is 11.5 Å². The van der Waals surface area contributed by atoms with Crippen LogP contribution in [0.15, 0.2) is 48.0 Å². The predicted molar refractivity (Wildman–Crippen MR) is 125 cm³/mol. The minimum Gasteiger partial charge on any atom is -0.483 e. The number of aliphatic hydroxyl groups is 1. The molecule has 1 saturated carbocycles. The lowest BCUT2D eigenvalue weighted by atomic mass is 9.56. The van der Waals surface area contributed by atoms with E-state index in [9.17, 15) is 5.11 Å². The van der Waals surface area contributed by atoms with Gasteiger partial charge in [-0.1, -0.05) is 50.3 Å². The van der Waals surface area contributed by atoms with Gasteiger partial charge in [0.25, 0.3) is 0 Å². The van der Waals surface area contributed by atoms with Gasteiger partial charge in [-0.3, -0.25) is 0 Å². The molecule has 1 fully saturated rings. The summed E-state index contributed by atoms with van der Waals surface area (Å²) >= 11 is 0. The van der Waals surface area contributed by atoms with E-state index in [-0.39, 0.29) is 18.1 Å². The number of rotatable bonds is 6. The van der Waals surface area contributed by atoms with E-state index >= 15 is 0 Å². The van der Waals surface area contributed by atoms with E-state index < -0.39 is 11.7 Å². The van der Waals surface area contributed by atoms with Gasteiger partial charge in [0.2, 0.25) is 0 Å². The molecule has 2 aromatic carbocycles. The SMILES string of the molecule is COCOc1cc(COC)cc2c1O[C@]1(C)C/C(=C\c3ccccc3)[C@@H](O)C(C)(C)[C@H]1C2. The second-order valence-electron chi connectivity index (χ2n) is 9.77. The van der Waals surface area contributed by atoms with Crippen LogP contribution in [0.5, 0.6) is 11.5 Å². The molecule has 2 aliphatic rings. The summed E-state index contributed by atoms with van der Waals surface area (Å²) in [6.07, 6.45) is 3.02. The largest absolute Gasteiger partial charge is 0.483 e. The summed E-state index contributed by atoms with van der Waals surface area (Å²) in [5.41, 5.74) is 3.37. The molecule has 2 aromatic rings. The quantitative estimate of drug-likeness (QED) is 0.643. The van der Waals surface area contributed by atoms with Crippen molar-refractivity contribution in [3.63, 3.8) is 0 Å². The highest BCUT2D eigenvalue weighted by molar-refractivity contribution is 5.57. The van der Waals surface area contributed by atoms with Crippen LogP contribution in [-0.2, 0) is 22.5 Å². The normalized spacial score (nSPS) is 27.4. The van der Waals surface area contributed by atoms with Crippen molar-refractivity contribution < 1.29 is 24.1 Å². The summed E-state index contributed by atoms with van der Waals surface area (Å²) in [4.78, 5) is 0. The molecule has 1 aliphatic carbocycles. The van der Waals surface area contributed by atoms with Gasteiger partial charge in [-0.25, -0.2) is 0 Å². The fraction of sp³-hybridized carbons (Fsp3) is 0.481. The zero-order valence-electron chi connectivity index (χ0n) is 19.7. The van der Waals surface area contributed by atoms with Crippen LogP contribution >= 0.6 is 0 Å². The molecule has 1 N–H and O–H groups in total. The third-order valence-corrected chi connectivity index (χ3v) is 6.99. The maximum atomic E-state index is 11.4. The maximum Gasteiger partial charge on any atom is 0.188 e. The van der Waals surface area contributed by atoms with E-state index in [1.165, 1.54) is 0 Å². The smallest absolute Gasteiger partial charge is 0.188 e. The van der Waals surface area contributed by atoms with Gasteiger partial charge in [0, 0.05) is 32.0 Å². The average Bonchev–Trinajstić information content (AvgIpc) is 2.76. The fourth-order valence-corrected chi connectivity index (χ4v) is 5.48. The zero-order chi connectivity index (χ0) is 22.9. The molecule has 5 nitrogen and oxygen atoms in total. The molecule has 0 spiro atoms. The van der Waals surface area contributed by atoms with Crippen LogP contribution in [0.25, 0.3) is 6.08 Å². The van der Waals surface area contributed by atoms with Crippen LogP contribution in [-0.4, -0.2) is 37.8 Å². The molecule has 0 radical (unpaired) electrons. The minimum absolute atomic E-state index is 0.137. The summed E-state index contributed by atoms with van der Waals surface area (Å²) in [6, 6.07) is 14.3. The first kappa shape index (κ1) is 22.8. The molecular formula is C27H34O5. The Kier molecular flexibility index (Phi) is 6.35. The molecule has 3 atom stereocenters. The molecule has 0 saturated heterocycles. The molecule has 0 aromatic heterocycles. The number of fused-ring (bicyclic) bond motifs is 2. The molecule has 4 rings (SSSR count). The number of methoxy groups -OCH3 is 2. The lowest BCUT2D eigenvalue weighted by Crippen LogP contribution is -2.59. The van der Waals surface area contributed by atoms with Gasteiger partial charge in [-0.15, -0.1) is 0 Å². The monoisotopic (exact) mass is 438 g/mol. The minimum atomic E-state index is -0.544. The fourth-order valence-electron chi connectivity index (χ4n) is 5.48. The number of hydrogen-bond donors (Lipinski definition) is 1. The lowest BCUT2D eigenvalue weighted by molar-refractivity contribution is -0.112. The molecule has 1 aliphatic heterocycles. The second-order valence-corrected chi connectivity index (χ2v) is 9.77. The number of aliphatic hydroxyl groups excluding tert-OH is 1. The van der Waals surface area contributed by atoms with Crippen LogP contribution in [0.4, 0.5) is 0 Å². The zero-order valence-corrected chi connectivity index (χ0v) is 19.7. The van der Waals surface area contributed by atoms with Crippen molar-refractivity contribution in [1.29, 1.82) is 0 Å². The van der Waals surface area contributed by atoms with Gasteiger partial charge in [-0.2, -0.15) is 0 Å². The molecular weight excluding hydrogens is 404 g/mol. The summed E-state index contributed by atoms with van der Waals surface area (Å²) < 4.78 is 23.2. The lowest BCUT2D eigenvalue weighted by Gasteiger charge is -2.56. The van der Waals surface area contributed by atoms with E-state index in [1.807, 2.05) is 24.3 Å². The van der Waals surface area contributed by atoms with Gasteiger partial charge in [0.1, 0.15) is 5.60 Å². The Morgan fingerprint density at radius 1 is 1.09 bits per heavy atom. The average molecular weight is 439 g/mol. The maximum absolute atomic E-state index is 11.4. The molecule has 0 bridgehead atoms. The number of hydrogen-bond acceptors (Lipinski definition) is 5. The predicted octanol–water partition coefficient (Wildman–Crippen LogP) is 5.00. The van der Waals surface area contributed by atoms with Crippen LogP contribution in [0.2, 0.25) is 0 Å². The summed E-state index contributed by atoms with van der Waals surface area (Å²) in [5.74, 6) is 1.58. The van der Waals surface area contributed by atoms with Crippen molar-refractivity contribution in [3.05, 3.63) is 64.7 Å². The van der Waals surface area contributed by atoms with Crippen molar-refractivity contribution in [2.45, 2.75) is 51.9 Å². The third kappa shape index (κ3) is 4.17. The third-order valence-electron chi connectivity index (χ3n) is 6.99. The Labute approximate surface area is 191 Å². The van der Waals surface area contributed by atoms with E-state index in [0.29, 0.717) is 18.8 Å². The van der Waals surface area contributed by atoms with Gasteiger partial charge in [-0.05, 0) is 47.7 Å². The van der Waals surface area contributed by atoms with E-state index in [4.69, 9.17) is 18.9 Å². The molecule has 5 heteroatoms. The van der Waals surface area contributed by atoms with Gasteiger partial charge in [0.05, 0.1) is 12.7 Å². The molecule has 32 heavy (non-hydrogen) atoms.